The molecule has 0 bridgehead atoms. The van der Waals surface area contributed by atoms with Crippen LogP contribution in [0.5, 0.6) is 0 Å². The van der Waals surface area contributed by atoms with E-state index in [2.05, 4.69) is 0 Å². The zero-order valence-electron chi connectivity index (χ0n) is 9.23. The third kappa shape index (κ3) is 3.34. The van der Waals surface area contributed by atoms with Gasteiger partial charge in [0.05, 0.1) is 0 Å². The predicted octanol–water partition coefficient (Wildman–Crippen LogP) is 1.14. The number of hydrogen-bond donors (Lipinski definition) is 2. The normalized spacial score (nSPS) is 10.6. The van der Waals surface area contributed by atoms with Gasteiger partial charge in [-0.2, -0.15) is 0 Å². The Bertz CT molecular complexity index is 371. The lowest BCUT2D eigenvalue weighted by Gasteiger charge is -2.14. The molecule has 0 atom stereocenters. The number of carbonyl (C=O) groups is 2. The third-order valence-electron chi connectivity index (χ3n) is 2.44. The summed E-state index contributed by atoms with van der Waals surface area (Å²) in [4.78, 5) is 23.1. The molecule has 5 heteroatoms. The molecule has 0 spiro atoms. The van der Waals surface area contributed by atoms with E-state index in [-0.39, 0.29) is 18.8 Å². The van der Waals surface area contributed by atoms with E-state index >= 15 is 0 Å². The summed E-state index contributed by atoms with van der Waals surface area (Å²) < 4.78 is 0. The third-order valence-corrected chi connectivity index (χ3v) is 3.52. The molecule has 0 aliphatic rings. The fourth-order valence-corrected chi connectivity index (χ4v) is 2.70. The summed E-state index contributed by atoms with van der Waals surface area (Å²) in [6, 6.07) is 1.94. The van der Waals surface area contributed by atoms with Gasteiger partial charge in [0.1, 0.15) is 0 Å². The van der Waals surface area contributed by atoms with Crippen molar-refractivity contribution in [1.82, 2.24) is 0 Å². The Balaban J connectivity index is 2.90. The first-order valence-electron chi connectivity index (χ1n) is 5.17. The molecular weight excluding hydrogens is 224 g/mol. The van der Waals surface area contributed by atoms with Crippen LogP contribution in [-0.4, -0.2) is 11.8 Å². The van der Waals surface area contributed by atoms with Gasteiger partial charge >= 0.3 is 0 Å². The van der Waals surface area contributed by atoms with Gasteiger partial charge in [0.25, 0.3) is 0 Å². The number of rotatable bonds is 6. The summed E-state index contributed by atoms with van der Waals surface area (Å²) in [5.74, 6) is -0.977. The molecule has 0 fully saturated rings. The molecule has 16 heavy (non-hydrogen) atoms. The fourth-order valence-electron chi connectivity index (χ4n) is 1.78. The van der Waals surface area contributed by atoms with Crippen molar-refractivity contribution in [3.05, 3.63) is 21.9 Å². The number of nitrogens with two attached hydrogens (primary N) is 2. The monoisotopic (exact) mass is 240 g/mol. The Morgan fingerprint density at radius 1 is 1.31 bits per heavy atom. The molecule has 0 aliphatic carbocycles. The molecule has 0 unspecified atom stereocenters. The number of amides is 2. The van der Waals surface area contributed by atoms with Crippen molar-refractivity contribution in [2.24, 2.45) is 11.5 Å². The maximum atomic E-state index is 11.0. The molecule has 0 radical (unpaired) electrons. The maximum absolute atomic E-state index is 11.0. The Morgan fingerprint density at radius 3 is 2.31 bits per heavy atom. The first-order valence-corrected chi connectivity index (χ1v) is 6.05. The van der Waals surface area contributed by atoms with Crippen molar-refractivity contribution >= 4 is 23.2 Å². The highest BCUT2D eigenvalue weighted by Gasteiger charge is 2.20. The SMILES string of the molecule is CCc1sccc1C(CC(N)=O)CC(N)=O. The molecule has 2 amide bonds. The zero-order valence-corrected chi connectivity index (χ0v) is 10.0. The molecule has 0 aromatic carbocycles. The number of thiophene rings is 1. The Labute approximate surface area is 98.6 Å². The molecule has 88 valence electrons. The molecule has 0 aliphatic heterocycles. The minimum absolute atomic E-state index is 0.170. The molecule has 1 rings (SSSR count). The molecule has 0 saturated heterocycles. The fraction of sp³-hybridized carbons (Fsp3) is 0.455. The quantitative estimate of drug-likeness (QED) is 0.781. The predicted molar refractivity (Wildman–Crippen MR) is 64.1 cm³/mol. The van der Waals surface area contributed by atoms with Crippen LogP contribution in [0.15, 0.2) is 11.4 Å². The largest absolute Gasteiger partial charge is 0.370 e. The Kier molecular flexibility index (Phi) is 4.49. The van der Waals surface area contributed by atoms with E-state index in [1.807, 2.05) is 18.4 Å². The van der Waals surface area contributed by atoms with Crippen LogP contribution >= 0.6 is 11.3 Å². The molecule has 1 aromatic rings. The highest BCUT2D eigenvalue weighted by Crippen LogP contribution is 2.30. The molecular formula is C11H16N2O2S. The van der Waals surface area contributed by atoms with Crippen LogP contribution in [0.1, 0.15) is 36.1 Å². The summed E-state index contributed by atoms with van der Waals surface area (Å²) in [6.45, 7) is 2.04. The lowest BCUT2D eigenvalue weighted by molar-refractivity contribution is -0.119. The van der Waals surface area contributed by atoms with Crippen LogP contribution < -0.4 is 11.5 Å². The summed E-state index contributed by atoms with van der Waals surface area (Å²) >= 11 is 1.63. The van der Waals surface area contributed by atoms with Crippen LogP contribution in [0.2, 0.25) is 0 Å². The molecule has 4 nitrogen and oxygen atoms in total. The first-order chi connectivity index (χ1) is 7.54. The van der Waals surface area contributed by atoms with Crippen molar-refractivity contribution < 1.29 is 9.59 Å². The van der Waals surface area contributed by atoms with Gasteiger partial charge in [-0.05, 0) is 23.4 Å². The van der Waals surface area contributed by atoms with Crippen LogP contribution in [0.4, 0.5) is 0 Å². The van der Waals surface area contributed by atoms with E-state index in [1.165, 1.54) is 4.88 Å². The highest BCUT2D eigenvalue weighted by molar-refractivity contribution is 7.10. The number of hydrogen-bond acceptors (Lipinski definition) is 3. The maximum Gasteiger partial charge on any atom is 0.218 e. The minimum Gasteiger partial charge on any atom is -0.370 e. The van der Waals surface area contributed by atoms with Crippen molar-refractivity contribution in [3.63, 3.8) is 0 Å². The van der Waals surface area contributed by atoms with Crippen LogP contribution in [0.3, 0.4) is 0 Å². The van der Waals surface area contributed by atoms with Gasteiger partial charge in [-0.1, -0.05) is 6.92 Å². The van der Waals surface area contributed by atoms with Gasteiger partial charge < -0.3 is 11.5 Å². The number of aryl methyl sites for hydroxylation is 1. The van der Waals surface area contributed by atoms with E-state index in [0.29, 0.717) is 0 Å². The first kappa shape index (κ1) is 12.7. The number of primary amides is 2. The molecule has 1 aromatic heterocycles. The van der Waals surface area contributed by atoms with Crippen molar-refractivity contribution in [1.29, 1.82) is 0 Å². The minimum atomic E-state index is -0.403. The van der Waals surface area contributed by atoms with Gasteiger partial charge in [0, 0.05) is 23.6 Å². The van der Waals surface area contributed by atoms with Gasteiger partial charge in [0.15, 0.2) is 0 Å². The standard InChI is InChI=1S/C11H16N2O2S/c1-2-9-8(3-4-16-9)7(5-10(12)14)6-11(13)15/h3-4,7H,2,5-6H2,1H3,(H2,12,14)(H2,13,15). The lowest BCUT2D eigenvalue weighted by Crippen LogP contribution is -2.21. The highest BCUT2D eigenvalue weighted by atomic mass is 32.1. The van der Waals surface area contributed by atoms with Crippen molar-refractivity contribution in [2.45, 2.75) is 32.1 Å². The smallest absolute Gasteiger partial charge is 0.218 e. The summed E-state index contributed by atoms with van der Waals surface area (Å²) in [5, 5.41) is 1.96. The second-order valence-corrected chi connectivity index (χ2v) is 4.69. The zero-order chi connectivity index (χ0) is 12.1. The van der Waals surface area contributed by atoms with Crippen LogP contribution in [-0.2, 0) is 16.0 Å². The van der Waals surface area contributed by atoms with E-state index in [1.54, 1.807) is 11.3 Å². The van der Waals surface area contributed by atoms with E-state index < -0.39 is 11.8 Å². The van der Waals surface area contributed by atoms with E-state index in [9.17, 15) is 9.59 Å². The van der Waals surface area contributed by atoms with Crippen molar-refractivity contribution in [3.8, 4) is 0 Å². The molecule has 4 N–H and O–H groups in total. The topological polar surface area (TPSA) is 86.2 Å². The van der Waals surface area contributed by atoms with E-state index in [0.717, 1.165) is 12.0 Å². The van der Waals surface area contributed by atoms with Crippen LogP contribution in [0.25, 0.3) is 0 Å². The Hall–Kier alpha value is -1.36. The second kappa shape index (κ2) is 5.65. The second-order valence-electron chi connectivity index (χ2n) is 3.69. The van der Waals surface area contributed by atoms with Gasteiger partial charge in [-0.3, -0.25) is 9.59 Å². The van der Waals surface area contributed by atoms with E-state index in [4.69, 9.17) is 11.5 Å². The average Bonchev–Trinajstić information content (AvgIpc) is 2.62. The van der Waals surface area contributed by atoms with Crippen LogP contribution in [0, 0.1) is 0 Å². The summed E-state index contributed by atoms with van der Waals surface area (Å²) in [6.07, 6.45) is 1.24. The lowest BCUT2D eigenvalue weighted by atomic mass is 9.92. The molecule has 1 heterocycles. The van der Waals surface area contributed by atoms with Gasteiger partial charge in [-0.25, -0.2) is 0 Å². The van der Waals surface area contributed by atoms with Gasteiger partial charge in [-0.15, -0.1) is 11.3 Å². The average molecular weight is 240 g/mol. The number of carbonyl (C=O) groups excluding carboxylic acids is 2. The van der Waals surface area contributed by atoms with Crippen molar-refractivity contribution in [2.75, 3.05) is 0 Å². The summed E-state index contributed by atoms with van der Waals surface area (Å²) in [5.41, 5.74) is 11.4. The summed E-state index contributed by atoms with van der Waals surface area (Å²) in [7, 11) is 0. The Morgan fingerprint density at radius 2 is 1.88 bits per heavy atom. The molecule has 0 saturated carbocycles. The van der Waals surface area contributed by atoms with Gasteiger partial charge in [0.2, 0.25) is 11.8 Å².